The molecule has 1 N–H and O–H groups in total. The number of carboxylic acids is 1. The number of nitrogens with zero attached hydrogens (tertiary/aromatic N) is 1. The number of ether oxygens (including phenoxy) is 1. The van der Waals surface area contributed by atoms with Crippen LogP contribution in [-0.2, 0) is 9.53 Å². The number of hydrogen-bond donors (Lipinski definition) is 1. The van der Waals surface area contributed by atoms with Crippen LogP contribution in [0.2, 0.25) is 0 Å². The summed E-state index contributed by atoms with van der Waals surface area (Å²) in [6, 6.07) is 0.0188. The Morgan fingerprint density at radius 2 is 2.05 bits per heavy atom. The van der Waals surface area contributed by atoms with E-state index in [4.69, 9.17) is 4.74 Å². The molecule has 0 aromatic carbocycles. The van der Waals surface area contributed by atoms with Gasteiger partial charge < -0.3 is 24.9 Å². The molecule has 1 amide bonds. The molecule has 1 rings (SSSR count). The van der Waals surface area contributed by atoms with E-state index in [1.54, 1.807) is 0 Å². The molecular weight excluding hydrogens is 255 g/mol. The first-order valence-electron chi connectivity index (χ1n) is 6.68. The van der Waals surface area contributed by atoms with Crippen molar-refractivity contribution in [1.29, 1.82) is 0 Å². The van der Waals surface area contributed by atoms with E-state index in [0.717, 1.165) is 19.4 Å². The van der Waals surface area contributed by atoms with Gasteiger partial charge in [0, 0.05) is 25.1 Å². The van der Waals surface area contributed by atoms with Crippen molar-refractivity contribution >= 4 is 12.1 Å². The minimum Gasteiger partial charge on any atom is -0.550 e. The normalized spacial score (nSPS) is 19.9. The van der Waals surface area contributed by atoms with Crippen LogP contribution in [0.3, 0.4) is 0 Å². The number of nitrogens with one attached hydrogen (secondary N) is 1. The summed E-state index contributed by atoms with van der Waals surface area (Å²) in [4.78, 5) is 24.1. The second-order valence-electron chi connectivity index (χ2n) is 5.91. The van der Waals surface area contributed by atoms with E-state index in [2.05, 4.69) is 5.32 Å². The number of amides is 1. The number of carboxylic acid groups (broad SMARTS) is 1. The third kappa shape index (κ3) is 8.46. The van der Waals surface area contributed by atoms with Crippen LogP contribution in [0.15, 0.2) is 0 Å². The predicted molar refractivity (Wildman–Crippen MR) is 68.5 cm³/mol. The number of carbonyl (C=O) groups excluding carboxylic acids is 2. The van der Waals surface area contributed by atoms with Gasteiger partial charge in [0.1, 0.15) is 5.60 Å². The predicted octanol–water partition coefficient (Wildman–Crippen LogP) is -2.88. The van der Waals surface area contributed by atoms with Gasteiger partial charge in [-0.3, -0.25) is 0 Å². The zero-order valence-corrected chi connectivity index (χ0v) is 12.9. The summed E-state index contributed by atoms with van der Waals surface area (Å²) >= 11 is 0. The van der Waals surface area contributed by atoms with E-state index in [9.17, 15) is 14.7 Å². The molecule has 1 aliphatic heterocycles. The van der Waals surface area contributed by atoms with Crippen LogP contribution in [-0.4, -0.2) is 48.2 Å². The van der Waals surface area contributed by atoms with Crippen molar-refractivity contribution in [1.82, 2.24) is 10.2 Å². The number of rotatable bonds is 4. The number of aliphatic carboxylic acids is 1. The van der Waals surface area contributed by atoms with E-state index in [1.165, 1.54) is 0 Å². The third-order valence-corrected chi connectivity index (χ3v) is 2.86. The molecule has 0 aromatic rings. The van der Waals surface area contributed by atoms with Gasteiger partial charge in [0.05, 0.1) is 0 Å². The zero-order valence-electron chi connectivity index (χ0n) is 12.9. The van der Waals surface area contributed by atoms with E-state index in [1.807, 2.05) is 25.7 Å². The quantitative estimate of drug-likeness (QED) is 0.559. The van der Waals surface area contributed by atoms with Crippen molar-refractivity contribution in [2.75, 3.05) is 19.6 Å². The van der Waals surface area contributed by atoms with Gasteiger partial charge in [-0.2, -0.15) is 0 Å². The minimum atomic E-state index is -1.04. The van der Waals surface area contributed by atoms with Gasteiger partial charge in [0.2, 0.25) is 0 Å². The number of carbonyl (C=O) groups is 2. The molecule has 6 nitrogen and oxygen atoms in total. The first kappa shape index (κ1) is 19.3. The van der Waals surface area contributed by atoms with Gasteiger partial charge >= 0.3 is 25.0 Å². The minimum absolute atomic E-state index is 0. The second kappa shape index (κ2) is 8.55. The van der Waals surface area contributed by atoms with Gasteiger partial charge in [-0.05, 0) is 46.6 Å². The van der Waals surface area contributed by atoms with Crippen LogP contribution in [0.25, 0.3) is 0 Å². The standard InChI is InChI=1S/C13H24N2O4.Li/c1-13(2,3)19-12(18)14-10-5-4-7-15(9-10)8-6-11(16)17;/h10H,4-9H2,1-3H3,(H,14,18)(H,16,17);/q;+1/p-1. The second-order valence-corrected chi connectivity index (χ2v) is 5.91. The van der Waals surface area contributed by atoms with Crippen LogP contribution in [0, 0.1) is 0 Å². The molecule has 110 valence electrons. The van der Waals surface area contributed by atoms with Crippen molar-refractivity contribution in [2.45, 2.75) is 51.7 Å². The third-order valence-electron chi connectivity index (χ3n) is 2.86. The fourth-order valence-corrected chi connectivity index (χ4v) is 2.10. The van der Waals surface area contributed by atoms with Gasteiger partial charge in [0.25, 0.3) is 0 Å². The van der Waals surface area contributed by atoms with Gasteiger partial charge in [0.15, 0.2) is 0 Å². The topological polar surface area (TPSA) is 81.7 Å². The first-order chi connectivity index (χ1) is 8.76. The summed E-state index contributed by atoms with van der Waals surface area (Å²) in [5.74, 6) is -1.04. The maximum absolute atomic E-state index is 11.6. The van der Waals surface area contributed by atoms with Crippen molar-refractivity contribution in [3.63, 3.8) is 0 Å². The van der Waals surface area contributed by atoms with Gasteiger partial charge in [-0.25, -0.2) is 4.79 Å². The molecule has 0 saturated carbocycles. The number of hydrogen-bond acceptors (Lipinski definition) is 5. The average molecular weight is 278 g/mol. The molecular formula is C13H23LiN2O4. The van der Waals surface area contributed by atoms with Crippen LogP contribution in [0.5, 0.6) is 0 Å². The zero-order chi connectivity index (χ0) is 14.5. The van der Waals surface area contributed by atoms with Crippen LogP contribution >= 0.6 is 0 Å². The first-order valence-corrected chi connectivity index (χ1v) is 6.68. The molecule has 0 spiro atoms. The average Bonchev–Trinajstić information content (AvgIpc) is 2.24. The molecule has 1 unspecified atom stereocenters. The SMILES string of the molecule is CC(C)(C)OC(=O)NC1CCCN(CCC(=O)[O-])C1.[Li+]. The molecule has 1 heterocycles. The summed E-state index contributed by atoms with van der Waals surface area (Å²) in [6.07, 6.45) is 1.44. The summed E-state index contributed by atoms with van der Waals surface area (Å²) in [5.41, 5.74) is -0.507. The van der Waals surface area contributed by atoms with E-state index < -0.39 is 17.7 Å². The Balaban J connectivity index is 0.00000361. The molecule has 0 aromatic heterocycles. The van der Waals surface area contributed by atoms with E-state index in [-0.39, 0.29) is 31.3 Å². The van der Waals surface area contributed by atoms with Gasteiger partial charge in [-0.15, -0.1) is 0 Å². The monoisotopic (exact) mass is 278 g/mol. The van der Waals surface area contributed by atoms with Crippen molar-refractivity contribution in [3.8, 4) is 0 Å². The van der Waals surface area contributed by atoms with Gasteiger partial charge in [-0.1, -0.05) is 0 Å². The summed E-state index contributed by atoms with van der Waals surface area (Å²) in [6.45, 7) is 7.44. The van der Waals surface area contributed by atoms with Crippen molar-refractivity contribution in [3.05, 3.63) is 0 Å². The molecule has 1 fully saturated rings. The van der Waals surface area contributed by atoms with Crippen LogP contribution < -0.4 is 29.3 Å². The molecule has 0 radical (unpaired) electrons. The fraction of sp³-hybridized carbons (Fsp3) is 0.846. The number of alkyl carbamates (subject to hydrolysis) is 1. The largest absolute Gasteiger partial charge is 1.00 e. The van der Waals surface area contributed by atoms with E-state index >= 15 is 0 Å². The van der Waals surface area contributed by atoms with Crippen LogP contribution in [0.4, 0.5) is 4.79 Å². The molecule has 1 aliphatic rings. The molecule has 0 aliphatic carbocycles. The molecule has 7 heteroatoms. The maximum Gasteiger partial charge on any atom is 1.00 e. The van der Waals surface area contributed by atoms with Crippen molar-refractivity contribution in [2.24, 2.45) is 0 Å². The van der Waals surface area contributed by atoms with Crippen molar-refractivity contribution < 1.29 is 38.3 Å². The number of piperidine rings is 1. The maximum atomic E-state index is 11.6. The summed E-state index contributed by atoms with van der Waals surface area (Å²) in [7, 11) is 0. The molecule has 0 bridgehead atoms. The Labute approximate surface area is 132 Å². The number of likely N-dealkylation sites (tertiary alicyclic amines) is 1. The Morgan fingerprint density at radius 3 is 2.60 bits per heavy atom. The summed E-state index contributed by atoms with van der Waals surface area (Å²) < 4.78 is 5.20. The smallest absolute Gasteiger partial charge is 0.550 e. The molecule has 1 atom stereocenters. The summed E-state index contributed by atoms with van der Waals surface area (Å²) in [5, 5.41) is 13.3. The Kier molecular flexibility index (Phi) is 8.25. The van der Waals surface area contributed by atoms with E-state index in [0.29, 0.717) is 13.1 Å². The molecule has 1 saturated heterocycles. The molecule has 20 heavy (non-hydrogen) atoms. The Bertz CT molecular complexity index is 331. The Hall–Kier alpha value is -0.703. The van der Waals surface area contributed by atoms with Crippen LogP contribution in [0.1, 0.15) is 40.0 Å². The fourth-order valence-electron chi connectivity index (χ4n) is 2.10. The Morgan fingerprint density at radius 1 is 1.40 bits per heavy atom.